The molecule has 1 amide bonds. The third-order valence-electron chi connectivity index (χ3n) is 1.54. The molecule has 0 aliphatic carbocycles. The van der Waals surface area contributed by atoms with Crippen molar-refractivity contribution in [3.8, 4) is 0 Å². The number of carbonyl (C=O) groups is 2. The molecule has 1 saturated heterocycles. The molecule has 0 aromatic carbocycles. The molecule has 0 spiro atoms. The average Bonchev–Trinajstić information content (AvgIpc) is 1.78. The first-order valence-electron chi connectivity index (χ1n) is 3.84. The summed E-state index contributed by atoms with van der Waals surface area (Å²) in [5.74, 6) is -0.668. The van der Waals surface area contributed by atoms with Crippen LogP contribution in [0.25, 0.3) is 0 Å². The summed E-state index contributed by atoms with van der Waals surface area (Å²) in [6.07, 6.45) is -1.91. The summed E-state index contributed by atoms with van der Waals surface area (Å²) in [6.45, 7) is 2.15. The maximum absolute atomic E-state index is 11.1. The van der Waals surface area contributed by atoms with Gasteiger partial charge in [0.15, 0.2) is 0 Å². The normalized spacial score (nSPS) is 18.5. The second-order valence-electron chi connectivity index (χ2n) is 2.68. The third-order valence-corrected chi connectivity index (χ3v) is 1.54. The zero-order valence-corrected chi connectivity index (χ0v) is 7.19. The molecule has 1 fully saturated rings. The van der Waals surface area contributed by atoms with Crippen LogP contribution in [0, 0.1) is 5.92 Å². The molecule has 6 nitrogen and oxygen atoms in total. The van der Waals surface area contributed by atoms with Gasteiger partial charge in [-0.1, -0.05) is 0 Å². The lowest BCUT2D eigenvalue weighted by Gasteiger charge is -2.25. The summed E-state index contributed by atoms with van der Waals surface area (Å²) in [7, 11) is 0. The van der Waals surface area contributed by atoms with Crippen molar-refractivity contribution in [1.82, 2.24) is 0 Å². The van der Waals surface area contributed by atoms with E-state index in [0.29, 0.717) is 13.2 Å². The van der Waals surface area contributed by atoms with Crippen LogP contribution in [-0.2, 0) is 19.0 Å². The van der Waals surface area contributed by atoms with E-state index in [-0.39, 0.29) is 5.92 Å². The maximum Gasteiger partial charge on any atom is 0.407 e. The Bertz CT molecular complexity index is 213. The van der Waals surface area contributed by atoms with Crippen LogP contribution in [0.1, 0.15) is 6.92 Å². The predicted octanol–water partition coefficient (Wildman–Crippen LogP) is -0.383. The van der Waals surface area contributed by atoms with Gasteiger partial charge in [0.05, 0.1) is 13.2 Å². The maximum atomic E-state index is 11.1. The number of hydrogen-bond acceptors (Lipinski definition) is 5. The number of carbonyl (C=O) groups excluding carboxylic acids is 2. The van der Waals surface area contributed by atoms with Crippen molar-refractivity contribution in [3.05, 3.63) is 0 Å². The second-order valence-corrected chi connectivity index (χ2v) is 2.68. The Hall–Kier alpha value is -1.30. The number of primary amides is 1. The minimum absolute atomic E-state index is 0.237. The lowest BCUT2D eigenvalue weighted by Crippen LogP contribution is -2.38. The number of hydrogen-bond donors (Lipinski definition) is 1. The van der Waals surface area contributed by atoms with Crippen molar-refractivity contribution < 1.29 is 23.8 Å². The Morgan fingerprint density at radius 1 is 1.46 bits per heavy atom. The Morgan fingerprint density at radius 3 is 2.46 bits per heavy atom. The van der Waals surface area contributed by atoms with Gasteiger partial charge in [-0.2, -0.15) is 0 Å². The number of ether oxygens (including phenoxy) is 3. The average molecular weight is 189 g/mol. The quantitative estimate of drug-likeness (QED) is 0.482. The number of nitrogens with two attached hydrogens (primary N) is 1. The van der Waals surface area contributed by atoms with Crippen LogP contribution in [0.2, 0.25) is 0 Å². The molecule has 2 N–H and O–H groups in total. The molecule has 1 aliphatic rings. The molecule has 1 heterocycles. The van der Waals surface area contributed by atoms with Crippen LogP contribution < -0.4 is 5.73 Å². The molecule has 0 bridgehead atoms. The van der Waals surface area contributed by atoms with Crippen molar-refractivity contribution in [1.29, 1.82) is 0 Å². The first kappa shape index (κ1) is 9.79. The van der Waals surface area contributed by atoms with E-state index in [4.69, 9.17) is 15.2 Å². The highest BCUT2D eigenvalue weighted by Crippen LogP contribution is 2.12. The zero-order valence-electron chi connectivity index (χ0n) is 7.19. The van der Waals surface area contributed by atoms with Gasteiger partial charge in [-0.25, -0.2) is 4.79 Å². The van der Waals surface area contributed by atoms with Crippen LogP contribution in [0.4, 0.5) is 4.79 Å². The molecule has 0 radical (unpaired) electrons. The largest absolute Gasteiger partial charge is 0.425 e. The van der Waals surface area contributed by atoms with Crippen molar-refractivity contribution >= 4 is 12.1 Å². The van der Waals surface area contributed by atoms with Crippen LogP contribution in [0.15, 0.2) is 0 Å². The predicted molar refractivity (Wildman–Crippen MR) is 40.5 cm³/mol. The molecule has 13 heavy (non-hydrogen) atoms. The third kappa shape index (κ3) is 2.90. The zero-order chi connectivity index (χ0) is 9.84. The molecule has 1 unspecified atom stereocenters. The molecule has 1 atom stereocenters. The van der Waals surface area contributed by atoms with E-state index in [1.165, 1.54) is 6.92 Å². The monoisotopic (exact) mass is 189 g/mol. The highest BCUT2D eigenvalue weighted by atomic mass is 16.7. The molecular weight excluding hydrogens is 178 g/mol. The van der Waals surface area contributed by atoms with Gasteiger partial charge in [0.2, 0.25) is 6.29 Å². The SMILES string of the molecule is CC(OC(N)=O)OC(=O)C1COC1. The highest BCUT2D eigenvalue weighted by Gasteiger charge is 2.29. The summed E-state index contributed by atoms with van der Waals surface area (Å²) in [5.41, 5.74) is 4.71. The summed E-state index contributed by atoms with van der Waals surface area (Å²) in [6, 6.07) is 0. The van der Waals surface area contributed by atoms with Crippen molar-refractivity contribution in [2.75, 3.05) is 13.2 Å². The van der Waals surface area contributed by atoms with Gasteiger partial charge >= 0.3 is 12.1 Å². The summed E-state index contributed by atoms with van der Waals surface area (Å²) in [4.78, 5) is 21.3. The van der Waals surface area contributed by atoms with E-state index in [1.807, 2.05) is 0 Å². The fraction of sp³-hybridized carbons (Fsp3) is 0.714. The standard InChI is InChI=1S/C7H11NO5/c1-4(13-7(8)10)12-6(9)5-2-11-3-5/h4-5H,2-3H2,1H3,(H2,8,10). The molecule has 74 valence electrons. The van der Waals surface area contributed by atoms with Crippen LogP contribution in [-0.4, -0.2) is 31.6 Å². The van der Waals surface area contributed by atoms with Crippen molar-refractivity contribution in [2.24, 2.45) is 11.7 Å². The Morgan fingerprint density at radius 2 is 2.08 bits per heavy atom. The summed E-state index contributed by atoms with van der Waals surface area (Å²) < 4.78 is 13.9. The molecule has 0 saturated carbocycles. The molecule has 0 aromatic heterocycles. The molecule has 1 aliphatic heterocycles. The van der Waals surface area contributed by atoms with Gasteiger partial charge in [0.1, 0.15) is 5.92 Å². The van der Waals surface area contributed by atoms with E-state index >= 15 is 0 Å². The van der Waals surface area contributed by atoms with Crippen molar-refractivity contribution in [2.45, 2.75) is 13.2 Å². The fourth-order valence-electron chi connectivity index (χ4n) is 0.819. The van der Waals surface area contributed by atoms with Gasteiger partial charge < -0.3 is 19.9 Å². The van der Waals surface area contributed by atoms with Gasteiger partial charge in [-0.15, -0.1) is 0 Å². The van der Waals surface area contributed by atoms with Crippen LogP contribution >= 0.6 is 0 Å². The first-order valence-corrected chi connectivity index (χ1v) is 3.84. The number of amides is 1. The van der Waals surface area contributed by atoms with E-state index in [9.17, 15) is 9.59 Å². The lowest BCUT2D eigenvalue weighted by atomic mass is 10.1. The Balaban J connectivity index is 2.22. The van der Waals surface area contributed by atoms with E-state index in [0.717, 1.165) is 0 Å². The number of rotatable bonds is 3. The van der Waals surface area contributed by atoms with Gasteiger partial charge in [-0.3, -0.25) is 4.79 Å². The van der Waals surface area contributed by atoms with Crippen molar-refractivity contribution in [3.63, 3.8) is 0 Å². The van der Waals surface area contributed by atoms with E-state index in [1.54, 1.807) is 0 Å². The number of esters is 1. The van der Waals surface area contributed by atoms with Crippen LogP contribution in [0.3, 0.4) is 0 Å². The summed E-state index contributed by atoms with van der Waals surface area (Å²) in [5, 5.41) is 0. The van der Waals surface area contributed by atoms with E-state index in [2.05, 4.69) is 4.74 Å². The Labute approximate surface area is 74.9 Å². The van der Waals surface area contributed by atoms with Gasteiger partial charge in [0.25, 0.3) is 0 Å². The van der Waals surface area contributed by atoms with Gasteiger partial charge in [0, 0.05) is 6.92 Å². The van der Waals surface area contributed by atoms with Crippen LogP contribution in [0.5, 0.6) is 0 Å². The topological polar surface area (TPSA) is 87.9 Å². The minimum atomic E-state index is -0.967. The van der Waals surface area contributed by atoms with Gasteiger partial charge in [-0.05, 0) is 0 Å². The lowest BCUT2D eigenvalue weighted by molar-refractivity contribution is -0.182. The second kappa shape index (κ2) is 4.08. The van der Waals surface area contributed by atoms with E-state index < -0.39 is 18.4 Å². The fourth-order valence-corrected chi connectivity index (χ4v) is 0.819. The summed E-state index contributed by atoms with van der Waals surface area (Å²) >= 11 is 0. The Kier molecular flexibility index (Phi) is 3.07. The highest BCUT2D eigenvalue weighted by molar-refractivity contribution is 5.73. The first-order chi connectivity index (χ1) is 6.09. The molecule has 6 heteroatoms. The molecule has 0 aromatic rings. The minimum Gasteiger partial charge on any atom is -0.425 e. The molecule has 1 rings (SSSR count). The molecular formula is C7H11NO5. The smallest absolute Gasteiger partial charge is 0.407 e.